The van der Waals surface area contributed by atoms with E-state index in [1.807, 2.05) is 47.8 Å². The average molecular weight is 354 g/mol. The van der Waals surface area contributed by atoms with Crippen LogP contribution in [0.1, 0.15) is 51.3 Å². The van der Waals surface area contributed by atoms with Crippen molar-refractivity contribution in [2.75, 3.05) is 24.3 Å². The van der Waals surface area contributed by atoms with Crippen LogP contribution in [0.5, 0.6) is 0 Å². The molecular weight excluding hydrogens is 328 g/mol. The molecule has 8 heteroatoms. The summed E-state index contributed by atoms with van der Waals surface area (Å²) in [4.78, 5) is 15.6. The van der Waals surface area contributed by atoms with Crippen molar-refractivity contribution in [3.05, 3.63) is 36.0 Å². The van der Waals surface area contributed by atoms with E-state index >= 15 is 0 Å². The normalized spacial score (nSPS) is 12.8. The van der Waals surface area contributed by atoms with Crippen LogP contribution in [0.3, 0.4) is 0 Å². The molecule has 3 aromatic heterocycles. The molecule has 0 spiro atoms. The summed E-state index contributed by atoms with van der Waals surface area (Å²) in [6.07, 6.45) is 1.97. The van der Waals surface area contributed by atoms with Gasteiger partial charge in [-0.15, -0.1) is 10.2 Å². The van der Waals surface area contributed by atoms with Crippen molar-refractivity contribution in [2.24, 2.45) is 5.92 Å². The number of pyridine rings is 1. The van der Waals surface area contributed by atoms with Crippen LogP contribution in [-0.4, -0.2) is 43.6 Å². The van der Waals surface area contributed by atoms with E-state index in [1.54, 1.807) is 0 Å². The minimum atomic E-state index is -0.0789. The highest BCUT2D eigenvalue weighted by Gasteiger charge is 2.23. The van der Waals surface area contributed by atoms with Gasteiger partial charge in [0, 0.05) is 26.2 Å². The standard InChI is InChI=1S/C18H26N8/c1-11(2)14(16-24-23-13-9-7-8-10-26(13)16)19-17-20-15(12(3)4)21-18(22-17)25(5)6/h7-12,14H,1-6H3,(H,19,20,21,22). The smallest absolute Gasteiger partial charge is 0.229 e. The zero-order valence-corrected chi connectivity index (χ0v) is 16.2. The van der Waals surface area contributed by atoms with E-state index in [9.17, 15) is 0 Å². The van der Waals surface area contributed by atoms with Crippen molar-refractivity contribution >= 4 is 17.5 Å². The predicted molar refractivity (Wildman–Crippen MR) is 102 cm³/mol. The fourth-order valence-electron chi connectivity index (χ4n) is 2.64. The first-order valence-electron chi connectivity index (χ1n) is 8.86. The van der Waals surface area contributed by atoms with Gasteiger partial charge in [-0.2, -0.15) is 15.0 Å². The van der Waals surface area contributed by atoms with Gasteiger partial charge in [0.15, 0.2) is 11.5 Å². The van der Waals surface area contributed by atoms with E-state index in [1.165, 1.54) is 0 Å². The van der Waals surface area contributed by atoms with Crippen molar-refractivity contribution in [2.45, 2.75) is 39.7 Å². The van der Waals surface area contributed by atoms with Gasteiger partial charge in [0.2, 0.25) is 11.9 Å². The van der Waals surface area contributed by atoms with E-state index in [4.69, 9.17) is 0 Å². The predicted octanol–water partition coefficient (Wildman–Crippen LogP) is 2.91. The Morgan fingerprint density at radius 3 is 2.42 bits per heavy atom. The fourth-order valence-corrected chi connectivity index (χ4v) is 2.64. The maximum Gasteiger partial charge on any atom is 0.229 e. The van der Waals surface area contributed by atoms with Crippen LogP contribution in [0.2, 0.25) is 0 Å². The molecule has 0 bridgehead atoms. The SMILES string of the molecule is CC(C)c1nc(NC(c2nnc3ccccn23)C(C)C)nc(N(C)C)n1. The number of aromatic nitrogens is 6. The number of fused-ring (bicyclic) bond motifs is 1. The molecule has 3 rings (SSSR count). The van der Waals surface area contributed by atoms with Crippen molar-refractivity contribution in [3.63, 3.8) is 0 Å². The molecular formula is C18H26N8. The van der Waals surface area contributed by atoms with Crippen LogP contribution >= 0.6 is 0 Å². The summed E-state index contributed by atoms with van der Waals surface area (Å²) in [5.41, 5.74) is 0.822. The molecule has 0 saturated carbocycles. The summed E-state index contributed by atoms with van der Waals surface area (Å²) in [7, 11) is 3.85. The molecule has 0 saturated heterocycles. The first-order valence-corrected chi connectivity index (χ1v) is 8.86. The molecule has 0 fully saturated rings. The Bertz CT molecular complexity index is 858. The molecule has 3 aromatic rings. The summed E-state index contributed by atoms with van der Waals surface area (Å²) in [6, 6.07) is 5.79. The second-order valence-corrected chi connectivity index (χ2v) is 7.22. The van der Waals surface area contributed by atoms with Crippen LogP contribution in [0, 0.1) is 5.92 Å². The quantitative estimate of drug-likeness (QED) is 0.728. The zero-order chi connectivity index (χ0) is 18.8. The van der Waals surface area contributed by atoms with Crippen LogP contribution in [0.4, 0.5) is 11.9 Å². The summed E-state index contributed by atoms with van der Waals surface area (Å²) >= 11 is 0. The maximum absolute atomic E-state index is 4.61. The number of rotatable bonds is 6. The topological polar surface area (TPSA) is 84.1 Å². The highest BCUT2D eigenvalue weighted by molar-refractivity contribution is 5.41. The lowest BCUT2D eigenvalue weighted by Gasteiger charge is -2.22. The summed E-state index contributed by atoms with van der Waals surface area (Å²) in [5.74, 6) is 3.28. The zero-order valence-electron chi connectivity index (χ0n) is 16.2. The minimum Gasteiger partial charge on any atom is -0.347 e. The molecule has 1 N–H and O–H groups in total. The van der Waals surface area contributed by atoms with E-state index in [2.05, 4.69) is 58.2 Å². The Hall–Kier alpha value is -2.77. The molecule has 0 aliphatic heterocycles. The molecule has 0 aromatic carbocycles. The third kappa shape index (κ3) is 3.58. The van der Waals surface area contributed by atoms with E-state index in [0.717, 1.165) is 17.3 Å². The Balaban J connectivity index is 2.01. The Kier molecular flexibility index (Phi) is 5.01. The number of hydrogen-bond acceptors (Lipinski definition) is 7. The lowest BCUT2D eigenvalue weighted by atomic mass is 10.0. The lowest BCUT2D eigenvalue weighted by Crippen LogP contribution is -2.23. The summed E-state index contributed by atoms with van der Waals surface area (Å²) < 4.78 is 2.00. The highest BCUT2D eigenvalue weighted by atomic mass is 15.3. The van der Waals surface area contributed by atoms with Gasteiger partial charge in [0.05, 0.1) is 6.04 Å². The van der Waals surface area contributed by atoms with Gasteiger partial charge in [0.25, 0.3) is 0 Å². The molecule has 1 unspecified atom stereocenters. The third-order valence-corrected chi connectivity index (χ3v) is 4.13. The average Bonchev–Trinajstić information content (AvgIpc) is 3.03. The molecule has 1 atom stereocenters. The second kappa shape index (κ2) is 7.23. The fraction of sp³-hybridized carbons (Fsp3) is 0.500. The molecule has 138 valence electrons. The number of nitrogens with zero attached hydrogens (tertiary/aromatic N) is 7. The Labute approximate surface area is 153 Å². The number of hydrogen-bond donors (Lipinski definition) is 1. The summed E-state index contributed by atoms with van der Waals surface area (Å²) in [6.45, 7) is 8.42. The monoisotopic (exact) mass is 354 g/mol. The molecule has 26 heavy (non-hydrogen) atoms. The second-order valence-electron chi connectivity index (χ2n) is 7.22. The van der Waals surface area contributed by atoms with Gasteiger partial charge in [0.1, 0.15) is 5.82 Å². The summed E-state index contributed by atoms with van der Waals surface area (Å²) in [5, 5.41) is 12.1. The van der Waals surface area contributed by atoms with Crippen molar-refractivity contribution in [1.29, 1.82) is 0 Å². The Morgan fingerprint density at radius 2 is 1.77 bits per heavy atom. The van der Waals surface area contributed by atoms with Crippen LogP contribution < -0.4 is 10.2 Å². The minimum absolute atomic E-state index is 0.0789. The van der Waals surface area contributed by atoms with Gasteiger partial charge < -0.3 is 10.2 Å². The maximum atomic E-state index is 4.61. The molecule has 3 heterocycles. The van der Waals surface area contributed by atoms with E-state index < -0.39 is 0 Å². The first-order chi connectivity index (χ1) is 12.4. The van der Waals surface area contributed by atoms with Gasteiger partial charge in [-0.1, -0.05) is 33.8 Å². The van der Waals surface area contributed by atoms with Gasteiger partial charge in [-0.3, -0.25) is 4.40 Å². The van der Waals surface area contributed by atoms with Crippen molar-refractivity contribution in [3.8, 4) is 0 Å². The molecule has 0 aliphatic carbocycles. The largest absolute Gasteiger partial charge is 0.347 e. The first kappa shape index (κ1) is 18.0. The lowest BCUT2D eigenvalue weighted by molar-refractivity contribution is 0.513. The molecule has 0 amide bonds. The van der Waals surface area contributed by atoms with Crippen LogP contribution in [0.25, 0.3) is 5.65 Å². The van der Waals surface area contributed by atoms with Crippen LogP contribution in [0.15, 0.2) is 24.4 Å². The van der Waals surface area contributed by atoms with Gasteiger partial charge in [-0.05, 0) is 18.1 Å². The number of nitrogens with one attached hydrogen (secondary N) is 1. The Morgan fingerprint density at radius 1 is 1.00 bits per heavy atom. The van der Waals surface area contributed by atoms with E-state index in [-0.39, 0.29) is 17.9 Å². The highest BCUT2D eigenvalue weighted by Crippen LogP contribution is 2.25. The van der Waals surface area contributed by atoms with Gasteiger partial charge in [-0.25, -0.2) is 0 Å². The van der Waals surface area contributed by atoms with Crippen molar-refractivity contribution < 1.29 is 0 Å². The number of anilines is 2. The van der Waals surface area contributed by atoms with E-state index in [0.29, 0.717) is 11.9 Å². The van der Waals surface area contributed by atoms with Crippen molar-refractivity contribution in [1.82, 2.24) is 29.5 Å². The molecule has 0 radical (unpaired) electrons. The molecule has 0 aliphatic rings. The third-order valence-electron chi connectivity index (χ3n) is 4.13. The van der Waals surface area contributed by atoms with Gasteiger partial charge >= 0.3 is 0 Å². The molecule has 8 nitrogen and oxygen atoms in total. The van der Waals surface area contributed by atoms with Crippen LogP contribution in [-0.2, 0) is 0 Å².